The maximum absolute atomic E-state index is 13.4. The first-order valence-corrected chi connectivity index (χ1v) is 11.2. The van der Waals surface area contributed by atoms with Crippen LogP contribution in [0.3, 0.4) is 0 Å². The molecule has 1 aromatic heterocycles. The van der Waals surface area contributed by atoms with Gasteiger partial charge < -0.3 is 15.7 Å². The maximum Gasteiger partial charge on any atom is 0.303 e. The van der Waals surface area contributed by atoms with E-state index in [0.717, 1.165) is 46.2 Å². The fourth-order valence-corrected chi connectivity index (χ4v) is 5.43. The summed E-state index contributed by atoms with van der Waals surface area (Å²) >= 11 is 1.43. The molecule has 160 valence electrons. The minimum Gasteiger partial charge on any atom is -0.481 e. The van der Waals surface area contributed by atoms with E-state index in [9.17, 15) is 14.4 Å². The van der Waals surface area contributed by atoms with Gasteiger partial charge in [0.2, 0.25) is 5.91 Å². The first-order chi connectivity index (χ1) is 14.9. The molecule has 0 saturated heterocycles. The largest absolute Gasteiger partial charge is 0.481 e. The number of hydrogen-bond donors (Lipinski definition) is 3. The van der Waals surface area contributed by atoms with E-state index in [0.29, 0.717) is 16.5 Å². The van der Waals surface area contributed by atoms with Crippen LogP contribution in [-0.4, -0.2) is 22.9 Å². The van der Waals surface area contributed by atoms with Gasteiger partial charge >= 0.3 is 5.97 Å². The van der Waals surface area contributed by atoms with Crippen molar-refractivity contribution in [3.63, 3.8) is 0 Å². The zero-order valence-corrected chi connectivity index (χ0v) is 18.1. The number of benzene rings is 2. The lowest BCUT2D eigenvalue weighted by atomic mass is 9.88. The number of hydrogen-bond acceptors (Lipinski definition) is 4. The van der Waals surface area contributed by atoms with Crippen LogP contribution in [0.1, 0.15) is 47.0 Å². The van der Waals surface area contributed by atoms with Crippen molar-refractivity contribution in [2.75, 3.05) is 10.6 Å². The smallest absolute Gasteiger partial charge is 0.303 e. The normalized spacial score (nSPS) is 15.3. The van der Waals surface area contributed by atoms with Crippen molar-refractivity contribution < 1.29 is 19.5 Å². The van der Waals surface area contributed by atoms with Gasteiger partial charge in [-0.15, -0.1) is 11.3 Å². The molecule has 31 heavy (non-hydrogen) atoms. The Bertz CT molecular complexity index is 1160. The Labute approximate surface area is 184 Å². The van der Waals surface area contributed by atoms with Crippen molar-refractivity contribution in [2.24, 2.45) is 5.92 Å². The highest BCUT2D eigenvalue weighted by Gasteiger charge is 2.28. The van der Waals surface area contributed by atoms with Crippen LogP contribution in [0.4, 0.5) is 10.7 Å². The number of carbonyl (C=O) groups excluding carboxylic acids is 2. The molecule has 7 heteroatoms. The van der Waals surface area contributed by atoms with Gasteiger partial charge in [-0.25, -0.2) is 0 Å². The van der Waals surface area contributed by atoms with Gasteiger partial charge in [-0.05, 0) is 42.2 Å². The summed E-state index contributed by atoms with van der Waals surface area (Å²) < 4.78 is 0. The Hall–Kier alpha value is -3.19. The first-order valence-electron chi connectivity index (χ1n) is 10.4. The number of nitrogens with one attached hydrogen (secondary N) is 2. The molecular formula is C24H24N2O4S. The molecule has 0 radical (unpaired) electrons. The van der Waals surface area contributed by atoms with Crippen molar-refractivity contribution in [2.45, 2.75) is 39.0 Å². The Morgan fingerprint density at radius 3 is 2.65 bits per heavy atom. The number of anilines is 2. The summed E-state index contributed by atoms with van der Waals surface area (Å²) in [6, 6.07) is 13.6. The van der Waals surface area contributed by atoms with Crippen molar-refractivity contribution in [3.05, 3.63) is 58.5 Å². The predicted octanol–water partition coefficient (Wildman–Crippen LogP) is 5.08. The van der Waals surface area contributed by atoms with Crippen molar-refractivity contribution in [1.29, 1.82) is 0 Å². The SMILES string of the molecule is C[C@@H]1CCc2c(sc(NC(=O)CCC(=O)O)c2C(=O)Nc2cccc3ccccc23)C1. The summed E-state index contributed by atoms with van der Waals surface area (Å²) in [6.07, 6.45) is 2.28. The van der Waals surface area contributed by atoms with Crippen molar-refractivity contribution in [3.8, 4) is 0 Å². The van der Waals surface area contributed by atoms with Gasteiger partial charge in [0.05, 0.1) is 12.0 Å². The Morgan fingerprint density at radius 2 is 1.84 bits per heavy atom. The molecule has 0 fully saturated rings. The van der Waals surface area contributed by atoms with Gasteiger partial charge in [-0.2, -0.15) is 0 Å². The number of carbonyl (C=O) groups is 3. The average Bonchev–Trinajstić information content (AvgIpc) is 3.09. The molecule has 0 spiro atoms. The standard InChI is InChI=1S/C24H24N2O4S/c1-14-9-10-17-19(13-14)31-24(26-20(27)11-12-21(28)29)22(17)23(30)25-18-8-4-6-15-5-2-3-7-16(15)18/h2-8,14H,9-13H2,1H3,(H,25,30)(H,26,27)(H,28,29)/t14-/m1/s1. The number of amides is 2. The maximum atomic E-state index is 13.4. The van der Waals surface area contributed by atoms with Crippen LogP contribution in [0.25, 0.3) is 10.8 Å². The first kappa shape index (κ1) is 21.1. The predicted molar refractivity (Wildman–Crippen MR) is 123 cm³/mol. The number of rotatable bonds is 6. The molecule has 1 atom stereocenters. The quantitative estimate of drug-likeness (QED) is 0.502. The molecule has 6 nitrogen and oxygen atoms in total. The van der Waals surface area contributed by atoms with Gasteiger partial charge in [-0.3, -0.25) is 14.4 Å². The second-order valence-corrected chi connectivity index (χ2v) is 9.08. The van der Waals surface area contributed by atoms with E-state index in [4.69, 9.17) is 5.11 Å². The van der Waals surface area contributed by atoms with Gasteiger partial charge in [0.1, 0.15) is 5.00 Å². The van der Waals surface area contributed by atoms with Gasteiger partial charge in [0.15, 0.2) is 0 Å². The highest BCUT2D eigenvalue weighted by molar-refractivity contribution is 7.17. The molecule has 4 rings (SSSR count). The molecule has 1 aliphatic carbocycles. The van der Waals surface area contributed by atoms with Crippen LogP contribution in [-0.2, 0) is 22.4 Å². The molecule has 0 saturated carbocycles. The van der Waals surface area contributed by atoms with Gasteiger partial charge in [0.25, 0.3) is 5.91 Å². The zero-order valence-electron chi connectivity index (χ0n) is 17.2. The molecule has 3 N–H and O–H groups in total. The minimum absolute atomic E-state index is 0.126. The number of aliphatic carboxylic acids is 1. The number of carboxylic acids is 1. The fourth-order valence-electron chi connectivity index (χ4n) is 4.01. The van der Waals surface area contributed by atoms with Crippen LogP contribution in [0, 0.1) is 5.92 Å². The van der Waals surface area contributed by atoms with Crippen molar-refractivity contribution >= 4 is 50.6 Å². The number of fused-ring (bicyclic) bond motifs is 2. The second-order valence-electron chi connectivity index (χ2n) is 7.98. The highest BCUT2D eigenvalue weighted by Crippen LogP contribution is 2.40. The summed E-state index contributed by atoms with van der Waals surface area (Å²) in [5.74, 6) is -1.15. The molecule has 1 heterocycles. The summed E-state index contributed by atoms with van der Waals surface area (Å²) in [5.41, 5.74) is 2.22. The molecule has 2 aromatic carbocycles. The van der Waals surface area contributed by atoms with Crippen LogP contribution in [0.2, 0.25) is 0 Å². The lowest BCUT2D eigenvalue weighted by molar-refractivity contribution is -0.138. The number of carboxylic acid groups (broad SMARTS) is 1. The Kier molecular flexibility index (Phi) is 6.04. The number of thiophene rings is 1. The van der Waals surface area contributed by atoms with E-state index < -0.39 is 11.9 Å². The Balaban J connectivity index is 1.66. The summed E-state index contributed by atoms with van der Waals surface area (Å²) in [4.78, 5) is 37.6. The Morgan fingerprint density at radius 1 is 1.06 bits per heavy atom. The van der Waals surface area contributed by atoms with E-state index in [2.05, 4.69) is 17.6 Å². The van der Waals surface area contributed by atoms with Gasteiger partial charge in [-0.1, -0.05) is 43.3 Å². The highest BCUT2D eigenvalue weighted by atomic mass is 32.1. The van der Waals surface area contributed by atoms with E-state index in [1.165, 1.54) is 11.3 Å². The van der Waals surface area contributed by atoms with E-state index in [-0.39, 0.29) is 18.7 Å². The van der Waals surface area contributed by atoms with E-state index in [1.54, 1.807) is 0 Å². The molecule has 3 aromatic rings. The monoisotopic (exact) mass is 436 g/mol. The summed E-state index contributed by atoms with van der Waals surface area (Å²) in [5, 5.41) is 17.2. The van der Waals surface area contributed by atoms with E-state index >= 15 is 0 Å². The van der Waals surface area contributed by atoms with Crippen LogP contribution in [0.15, 0.2) is 42.5 Å². The fraction of sp³-hybridized carbons (Fsp3) is 0.292. The zero-order chi connectivity index (χ0) is 22.0. The van der Waals surface area contributed by atoms with Gasteiger partial charge in [0, 0.05) is 22.4 Å². The molecule has 0 aliphatic heterocycles. The minimum atomic E-state index is -1.02. The molecule has 2 amide bonds. The topological polar surface area (TPSA) is 95.5 Å². The average molecular weight is 437 g/mol. The summed E-state index contributed by atoms with van der Waals surface area (Å²) in [7, 11) is 0. The molecular weight excluding hydrogens is 412 g/mol. The van der Waals surface area contributed by atoms with Crippen LogP contribution >= 0.6 is 11.3 Å². The van der Waals surface area contributed by atoms with Crippen LogP contribution in [0.5, 0.6) is 0 Å². The van der Waals surface area contributed by atoms with E-state index in [1.807, 2.05) is 42.5 Å². The molecule has 0 bridgehead atoms. The molecule has 0 unspecified atom stereocenters. The third-order valence-corrected chi connectivity index (χ3v) is 6.77. The third kappa shape index (κ3) is 4.61. The second kappa shape index (κ2) is 8.89. The molecule has 1 aliphatic rings. The van der Waals surface area contributed by atoms with Crippen molar-refractivity contribution in [1.82, 2.24) is 0 Å². The third-order valence-electron chi connectivity index (χ3n) is 5.60. The van der Waals surface area contributed by atoms with Crippen LogP contribution < -0.4 is 10.6 Å². The summed E-state index contributed by atoms with van der Waals surface area (Å²) in [6.45, 7) is 2.18. The lowest BCUT2D eigenvalue weighted by Gasteiger charge is -2.19. The lowest BCUT2D eigenvalue weighted by Crippen LogP contribution is -2.19.